The Morgan fingerprint density at radius 1 is 0.750 bits per heavy atom. The summed E-state index contributed by atoms with van der Waals surface area (Å²) in [6.07, 6.45) is 14.9. The number of ether oxygens (including phenoxy) is 1. The molecule has 5 rings (SSSR count). The molecule has 0 aromatic heterocycles. The summed E-state index contributed by atoms with van der Waals surface area (Å²) in [5.41, 5.74) is 2.58. The van der Waals surface area contributed by atoms with Crippen LogP contribution in [0.25, 0.3) is 0 Å². The van der Waals surface area contributed by atoms with Crippen molar-refractivity contribution in [1.29, 1.82) is 0 Å². The first-order valence-corrected chi connectivity index (χ1v) is 15.9. The van der Waals surface area contributed by atoms with Crippen molar-refractivity contribution in [3.63, 3.8) is 0 Å². The van der Waals surface area contributed by atoms with Crippen LogP contribution in [-0.2, 0) is 9.84 Å². The largest absolute Gasteiger partial charge is 0.508 e. The summed E-state index contributed by atoms with van der Waals surface area (Å²) in [5.74, 6) is 1.77. The zero-order valence-corrected chi connectivity index (χ0v) is 22.6. The lowest BCUT2D eigenvalue weighted by Gasteiger charge is -2.23. The van der Waals surface area contributed by atoms with Gasteiger partial charge in [0.1, 0.15) is 11.5 Å². The van der Waals surface area contributed by atoms with Crippen LogP contribution in [0.15, 0.2) is 40.1 Å². The number of hydrogen-bond donors (Lipinski definition) is 1. The molecule has 0 atom stereocenters. The first-order chi connectivity index (χ1) is 17.5. The van der Waals surface area contributed by atoms with Crippen LogP contribution < -0.4 is 4.74 Å². The van der Waals surface area contributed by atoms with E-state index in [0.29, 0.717) is 22.1 Å². The highest BCUT2D eigenvalue weighted by atomic mass is 32.2. The number of aromatic hydroxyl groups is 1. The van der Waals surface area contributed by atoms with Crippen molar-refractivity contribution in [2.45, 2.75) is 124 Å². The Bertz CT molecular complexity index is 1150. The molecule has 0 saturated heterocycles. The molecular weight excluding hydrogens is 468 g/mol. The average Bonchev–Trinajstić information content (AvgIpc) is 3.67. The van der Waals surface area contributed by atoms with Gasteiger partial charge in [0.05, 0.1) is 16.4 Å². The molecule has 2 aromatic carbocycles. The van der Waals surface area contributed by atoms with Crippen molar-refractivity contribution in [1.82, 2.24) is 0 Å². The van der Waals surface area contributed by atoms with Crippen LogP contribution in [0.4, 0.5) is 0 Å². The average molecular weight is 511 g/mol. The summed E-state index contributed by atoms with van der Waals surface area (Å²) in [6.45, 7) is 2.80. The van der Waals surface area contributed by atoms with Gasteiger partial charge >= 0.3 is 0 Å². The van der Waals surface area contributed by atoms with E-state index in [2.05, 4.69) is 6.92 Å². The van der Waals surface area contributed by atoms with E-state index in [1.165, 1.54) is 0 Å². The summed E-state index contributed by atoms with van der Waals surface area (Å²) in [4.78, 5) is 0.882. The highest BCUT2D eigenvalue weighted by Gasteiger charge is 2.34. The van der Waals surface area contributed by atoms with Gasteiger partial charge in [0.25, 0.3) is 0 Å². The monoisotopic (exact) mass is 510 g/mol. The fraction of sp³-hybridized carbons (Fsp3) is 0.613. The summed E-state index contributed by atoms with van der Waals surface area (Å²) in [6, 6.07) is 9.32. The fourth-order valence-electron chi connectivity index (χ4n) is 6.82. The third kappa shape index (κ3) is 5.18. The van der Waals surface area contributed by atoms with Crippen molar-refractivity contribution in [2.24, 2.45) is 0 Å². The number of rotatable bonds is 9. The van der Waals surface area contributed by atoms with E-state index in [0.717, 1.165) is 112 Å². The van der Waals surface area contributed by atoms with Gasteiger partial charge in [0.15, 0.2) is 0 Å². The second-order valence-corrected chi connectivity index (χ2v) is 13.2. The molecule has 3 aliphatic rings. The molecule has 196 valence electrons. The SMILES string of the molecule is CCCCOc1ccc(S(=O)(=O)c2cc(C3CCCC3)c(O)cc2C2CCCC2)c(C2CCCC2)c1. The zero-order chi connectivity index (χ0) is 25.1. The Kier molecular flexibility index (Phi) is 7.95. The molecule has 0 unspecified atom stereocenters. The van der Waals surface area contributed by atoms with Gasteiger partial charge in [-0.15, -0.1) is 0 Å². The second-order valence-electron chi connectivity index (χ2n) is 11.3. The smallest absolute Gasteiger partial charge is 0.207 e. The summed E-state index contributed by atoms with van der Waals surface area (Å²) in [7, 11) is -3.75. The van der Waals surface area contributed by atoms with Crippen LogP contribution in [0, 0.1) is 0 Å². The van der Waals surface area contributed by atoms with Crippen LogP contribution in [-0.4, -0.2) is 20.1 Å². The normalized spacial score (nSPS) is 19.9. The number of sulfone groups is 1. The number of phenols is 1. The molecule has 1 N–H and O–H groups in total. The zero-order valence-electron chi connectivity index (χ0n) is 21.8. The molecule has 3 saturated carbocycles. The minimum atomic E-state index is -3.75. The third-order valence-electron chi connectivity index (χ3n) is 8.87. The fourth-order valence-corrected chi connectivity index (χ4v) is 8.66. The van der Waals surface area contributed by atoms with Gasteiger partial charge in [-0.25, -0.2) is 8.42 Å². The lowest BCUT2D eigenvalue weighted by atomic mass is 9.91. The molecule has 0 aliphatic heterocycles. The molecule has 0 amide bonds. The molecular formula is C31H42O4S. The topological polar surface area (TPSA) is 63.6 Å². The Labute approximate surface area is 217 Å². The van der Waals surface area contributed by atoms with Crippen molar-refractivity contribution in [3.05, 3.63) is 47.0 Å². The molecule has 0 radical (unpaired) electrons. The van der Waals surface area contributed by atoms with Gasteiger partial charge < -0.3 is 9.84 Å². The molecule has 3 aliphatic carbocycles. The van der Waals surface area contributed by atoms with Gasteiger partial charge in [0.2, 0.25) is 9.84 Å². The molecule has 2 aromatic rings. The summed E-state index contributed by atoms with van der Waals surface area (Å²) < 4.78 is 35.0. The number of hydrogen-bond acceptors (Lipinski definition) is 4. The van der Waals surface area contributed by atoms with E-state index in [9.17, 15) is 13.5 Å². The lowest BCUT2D eigenvalue weighted by molar-refractivity contribution is 0.308. The van der Waals surface area contributed by atoms with Crippen LogP contribution >= 0.6 is 0 Å². The first kappa shape index (κ1) is 25.6. The van der Waals surface area contributed by atoms with Crippen molar-refractivity contribution < 1.29 is 18.3 Å². The molecule has 4 nitrogen and oxygen atoms in total. The Morgan fingerprint density at radius 3 is 1.83 bits per heavy atom. The third-order valence-corrected chi connectivity index (χ3v) is 10.8. The molecule has 3 fully saturated rings. The number of unbranched alkanes of at least 4 members (excludes halogenated alkanes) is 1. The number of benzene rings is 2. The molecule has 36 heavy (non-hydrogen) atoms. The minimum absolute atomic E-state index is 0.199. The maximum absolute atomic E-state index is 14.5. The minimum Gasteiger partial charge on any atom is -0.508 e. The number of phenolic OH excluding ortho intramolecular Hbond substituents is 1. The maximum Gasteiger partial charge on any atom is 0.207 e. The van der Waals surface area contributed by atoms with Gasteiger partial charge in [0, 0.05) is 0 Å². The Morgan fingerprint density at radius 2 is 1.28 bits per heavy atom. The van der Waals surface area contributed by atoms with Crippen molar-refractivity contribution in [3.8, 4) is 11.5 Å². The molecule has 0 heterocycles. The quantitative estimate of drug-likeness (QED) is 0.344. The van der Waals surface area contributed by atoms with E-state index in [1.807, 2.05) is 24.3 Å². The standard InChI is InChI=1S/C31H42O4S/c1-2-3-18-35-25-16-17-30(27(19-25)23-12-6-7-13-23)36(33,34)31-21-26(22-10-4-5-11-22)29(32)20-28(31)24-14-8-9-15-24/h16-17,19-24,32H,2-15,18H2,1H3. The van der Waals surface area contributed by atoms with E-state index in [1.54, 1.807) is 6.07 Å². The highest BCUT2D eigenvalue weighted by Crippen LogP contribution is 2.47. The highest BCUT2D eigenvalue weighted by molar-refractivity contribution is 7.91. The van der Waals surface area contributed by atoms with Crippen LogP contribution in [0.1, 0.15) is 131 Å². The van der Waals surface area contributed by atoms with E-state index in [-0.39, 0.29) is 17.8 Å². The van der Waals surface area contributed by atoms with E-state index in [4.69, 9.17) is 4.74 Å². The second kappa shape index (κ2) is 11.2. The predicted octanol–water partition coefficient (Wildman–Crippen LogP) is 8.38. The summed E-state index contributed by atoms with van der Waals surface area (Å²) in [5, 5.41) is 11.0. The van der Waals surface area contributed by atoms with Crippen LogP contribution in [0.3, 0.4) is 0 Å². The van der Waals surface area contributed by atoms with Crippen molar-refractivity contribution in [2.75, 3.05) is 6.61 Å². The van der Waals surface area contributed by atoms with Gasteiger partial charge in [-0.05, 0) is 110 Å². The van der Waals surface area contributed by atoms with Crippen molar-refractivity contribution >= 4 is 9.84 Å². The maximum atomic E-state index is 14.5. The van der Waals surface area contributed by atoms with Gasteiger partial charge in [-0.3, -0.25) is 0 Å². The van der Waals surface area contributed by atoms with Crippen LogP contribution in [0.5, 0.6) is 11.5 Å². The lowest BCUT2D eigenvalue weighted by Crippen LogP contribution is -2.13. The molecule has 0 spiro atoms. The van der Waals surface area contributed by atoms with E-state index >= 15 is 0 Å². The first-order valence-electron chi connectivity index (χ1n) is 14.4. The van der Waals surface area contributed by atoms with E-state index < -0.39 is 9.84 Å². The Balaban J connectivity index is 1.61. The molecule has 0 bridgehead atoms. The van der Waals surface area contributed by atoms with Crippen LogP contribution in [0.2, 0.25) is 0 Å². The Hall–Kier alpha value is -2.01. The molecule has 5 heteroatoms. The predicted molar refractivity (Wildman–Crippen MR) is 144 cm³/mol. The van der Waals surface area contributed by atoms with Gasteiger partial charge in [-0.1, -0.05) is 51.9 Å². The summed E-state index contributed by atoms with van der Waals surface area (Å²) >= 11 is 0. The van der Waals surface area contributed by atoms with Gasteiger partial charge in [-0.2, -0.15) is 0 Å².